The monoisotopic (exact) mass is 278 g/mol. The molecule has 0 bridgehead atoms. The molecular formula is C15H22N2O3. The zero-order chi connectivity index (χ0) is 14.2. The Morgan fingerprint density at radius 3 is 3.00 bits per heavy atom. The second-order valence-electron chi connectivity index (χ2n) is 4.89. The van der Waals surface area contributed by atoms with Gasteiger partial charge in [-0.05, 0) is 38.8 Å². The molecule has 1 fully saturated rings. The van der Waals surface area contributed by atoms with Gasteiger partial charge in [-0.2, -0.15) is 0 Å². The lowest BCUT2D eigenvalue weighted by molar-refractivity contribution is 0.0526. The Bertz CT molecular complexity index is 414. The fourth-order valence-electron chi connectivity index (χ4n) is 2.28. The van der Waals surface area contributed by atoms with E-state index in [4.69, 9.17) is 9.47 Å². The molecule has 0 spiro atoms. The smallest absolute Gasteiger partial charge is 0.339 e. The van der Waals surface area contributed by atoms with E-state index in [0.717, 1.165) is 13.0 Å². The van der Waals surface area contributed by atoms with Crippen LogP contribution in [0.15, 0.2) is 18.3 Å². The van der Waals surface area contributed by atoms with Gasteiger partial charge in [0.25, 0.3) is 0 Å². The van der Waals surface area contributed by atoms with Crippen molar-refractivity contribution in [1.82, 2.24) is 10.3 Å². The van der Waals surface area contributed by atoms with Crippen molar-refractivity contribution in [3.63, 3.8) is 0 Å². The molecule has 1 aliphatic rings. The van der Waals surface area contributed by atoms with Gasteiger partial charge < -0.3 is 14.8 Å². The second-order valence-corrected chi connectivity index (χ2v) is 4.89. The number of esters is 1. The molecule has 0 aliphatic carbocycles. The number of ether oxygens (including phenoxy) is 2. The van der Waals surface area contributed by atoms with Gasteiger partial charge in [0.1, 0.15) is 0 Å². The minimum absolute atomic E-state index is 0.349. The van der Waals surface area contributed by atoms with E-state index in [1.54, 1.807) is 19.1 Å². The Kier molecular flexibility index (Phi) is 5.80. The first-order valence-electron chi connectivity index (χ1n) is 7.29. The molecule has 110 valence electrons. The molecule has 1 N–H and O–H groups in total. The largest absolute Gasteiger partial charge is 0.478 e. The molecule has 5 heteroatoms. The average molecular weight is 278 g/mol. The molecule has 1 aromatic rings. The van der Waals surface area contributed by atoms with E-state index in [9.17, 15) is 4.79 Å². The third-order valence-electron chi connectivity index (χ3n) is 3.38. The predicted molar refractivity (Wildman–Crippen MR) is 75.9 cm³/mol. The summed E-state index contributed by atoms with van der Waals surface area (Å²) in [5.41, 5.74) is 0.452. The lowest BCUT2D eigenvalue weighted by Crippen LogP contribution is -2.35. The van der Waals surface area contributed by atoms with E-state index in [0.29, 0.717) is 30.7 Å². The molecule has 2 heterocycles. The molecule has 0 aromatic carbocycles. The molecule has 1 saturated heterocycles. The van der Waals surface area contributed by atoms with Crippen LogP contribution in [0.4, 0.5) is 0 Å². The summed E-state index contributed by atoms with van der Waals surface area (Å²) in [6.07, 6.45) is 6.27. The number of nitrogens with zero attached hydrogens (tertiary/aromatic N) is 1. The molecule has 5 nitrogen and oxygen atoms in total. The van der Waals surface area contributed by atoms with Crippen LogP contribution in [0.1, 0.15) is 43.0 Å². The van der Waals surface area contributed by atoms with Gasteiger partial charge in [-0.1, -0.05) is 6.42 Å². The van der Waals surface area contributed by atoms with Crippen molar-refractivity contribution < 1.29 is 14.3 Å². The SMILES string of the molecule is CCOC(=O)c1ccc(OCCC2CCCCN2)nc1. The summed E-state index contributed by atoms with van der Waals surface area (Å²) in [6, 6.07) is 3.95. The van der Waals surface area contributed by atoms with Crippen LogP contribution in [0.3, 0.4) is 0 Å². The van der Waals surface area contributed by atoms with Crippen molar-refractivity contribution >= 4 is 5.97 Å². The van der Waals surface area contributed by atoms with Crippen LogP contribution in [-0.2, 0) is 4.74 Å². The van der Waals surface area contributed by atoms with E-state index in [1.165, 1.54) is 25.5 Å². The van der Waals surface area contributed by atoms with Crippen molar-refractivity contribution in [1.29, 1.82) is 0 Å². The number of hydrogen-bond donors (Lipinski definition) is 1. The predicted octanol–water partition coefficient (Wildman–Crippen LogP) is 2.17. The lowest BCUT2D eigenvalue weighted by atomic mass is 10.0. The highest BCUT2D eigenvalue weighted by molar-refractivity contribution is 5.89. The minimum Gasteiger partial charge on any atom is -0.478 e. The summed E-state index contributed by atoms with van der Waals surface area (Å²) >= 11 is 0. The van der Waals surface area contributed by atoms with Gasteiger partial charge >= 0.3 is 5.97 Å². The quantitative estimate of drug-likeness (QED) is 0.808. The molecular weight excluding hydrogens is 256 g/mol. The molecule has 1 atom stereocenters. The maximum atomic E-state index is 11.5. The van der Waals surface area contributed by atoms with Crippen LogP contribution in [0.2, 0.25) is 0 Å². The van der Waals surface area contributed by atoms with Crippen LogP contribution in [0.5, 0.6) is 5.88 Å². The van der Waals surface area contributed by atoms with Gasteiger partial charge in [-0.3, -0.25) is 0 Å². The maximum Gasteiger partial charge on any atom is 0.339 e. The van der Waals surface area contributed by atoms with E-state index >= 15 is 0 Å². The number of carbonyl (C=O) groups is 1. The number of carbonyl (C=O) groups excluding carboxylic acids is 1. The third-order valence-corrected chi connectivity index (χ3v) is 3.38. The average Bonchev–Trinajstić information content (AvgIpc) is 2.49. The third kappa shape index (κ3) is 4.49. The fourth-order valence-corrected chi connectivity index (χ4v) is 2.28. The van der Waals surface area contributed by atoms with E-state index in [2.05, 4.69) is 10.3 Å². The Balaban J connectivity index is 1.74. The van der Waals surface area contributed by atoms with Crippen LogP contribution >= 0.6 is 0 Å². The van der Waals surface area contributed by atoms with Gasteiger partial charge in [0.05, 0.1) is 18.8 Å². The molecule has 1 unspecified atom stereocenters. The fraction of sp³-hybridized carbons (Fsp3) is 0.600. The van der Waals surface area contributed by atoms with Gasteiger partial charge in [0, 0.05) is 18.3 Å². The van der Waals surface area contributed by atoms with Crippen molar-refractivity contribution in [3.8, 4) is 5.88 Å². The number of aromatic nitrogens is 1. The molecule has 20 heavy (non-hydrogen) atoms. The first-order valence-corrected chi connectivity index (χ1v) is 7.29. The molecule has 2 rings (SSSR count). The summed E-state index contributed by atoms with van der Waals surface area (Å²) in [4.78, 5) is 15.6. The van der Waals surface area contributed by atoms with Crippen LogP contribution in [-0.4, -0.2) is 36.8 Å². The number of piperidine rings is 1. The number of hydrogen-bond acceptors (Lipinski definition) is 5. The van der Waals surface area contributed by atoms with Crippen LogP contribution in [0.25, 0.3) is 0 Å². The Hall–Kier alpha value is -1.62. The highest BCUT2D eigenvalue weighted by atomic mass is 16.5. The molecule has 1 aromatic heterocycles. The maximum absolute atomic E-state index is 11.5. The van der Waals surface area contributed by atoms with Crippen molar-refractivity contribution in [2.24, 2.45) is 0 Å². The lowest BCUT2D eigenvalue weighted by Gasteiger charge is -2.23. The van der Waals surface area contributed by atoms with Crippen molar-refractivity contribution in [2.45, 2.75) is 38.6 Å². The van der Waals surface area contributed by atoms with E-state index in [1.807, 2.05) is 0 Å². The van der Waals surface area contributed by atoms with Gasteiger partial charge in [-0.25, -0.2) is 9.78 Å². The first-order chi connectivity index (χ1) is 9.79. The minimum atomic E-state index is -0.349. The molecule has 1 aliphatic heterocycles. The normalized spacial score (nSPS) is 18.6. The zero-order valence-electron chi connectivity index (χ0n) is 11.9. The van der Waals surface area contributed by atoms with Gasteiger partial charge in [-0.15, -0.1) is 0 Å². The summed E-state index contributed by atoms with van der Waals surface area (Å²) in [5.74, 6) is 0.201. The Labute approximate surface area is 119 Å². The topological polar surface area (TPSA) is 60.5 Å². The highest BCUT2D eigenvalue weighted by Crippen LogP contribution is 2.12. The summed E-state index contributed by atoms with van der Waals surface area (Å²) in [7, 11) is 0. The Morgan fingerprint density at radius 2 is 2.35 bits per heavy atom. The van der Waals surface area contributed by atoms with E-state index < -0.39 is 0 Å². The van der Waals surface area contributed by atoms with Crippen LogP contribution in [0, 0.1) is 0 Å². The Morgan fingerprint density at radius 1 is 1.45 bits per heavy atom. The zero-order valence-corrected chi connectivity index (χ0v) is 11.9. The standard InChI is InChI=1S/C15H22N2O3/c1-2-19-15(18)12-6-7-14(17-11-12)20-10-8-13-5-3-4-9-16-13/h6-7,11,13,16H,2-5,8-10H2,1H3. The molecule has 0 radical (unpaired) electrons. The van der Waals surface area contributed by atoms with Crippen molar-refractivity contribution in [2.75, 3.05) is 19.8 Å². The first kappa shape index (κ1) is 14.8. The molecule has 0 saturated carbocycles. The van der Waals surface area contributed by atoms with Crippen molar-refractivity contribution in [3.05, 3.63) is 23.9 Å². The highest BCUT2D eigenvalue weighted by Gasteiger charge is 2.12. The summed E-state index contributed by atoms with van der Waals surface area (Å²) in [6.45, 7) is 3.90. The van der Waals surface area contributed by atoms with Crippen LogP contribution < -0.4 is 10.1 Å². The number of nitrogens with one attached hydrogen (secondary N) is 1. The second kappa shape index (κ2) is 7.85. The number of pyridine rings is 1. The number of rotatable bonds is 6. The summed E-state index contributed by atoms with van der Waals surface area (Å²) in [5, 5.41) is 3.48. The molecule has 0 amide bonds. The van der Waals surface area contributed by atoms with E-state index in [-0.39, 0.29) is 5.97 Å². The van der Waals surface area contributed by atoms with Gasteiger partial charge in [0.15, 0.2) is 0 Å². The van der Waals surface area contributed by atoms with Gasteiger partial charge in [0.2, 0.25) is 5.88 Å². The summed E-state index contributed by atoms with van der Waals surface area (Å²) < 4.78 is 10.5.